The zero-order chi connectivity index (χ0) is 13.6. The van der Waals surface area contributed by atoms with Crippen molar-refractivity contribution >= 4 is 5.97 Å². The average Bonchev–Trinajstić information content (AvgIpc) is 2.11. The van der Waals surface area contributed by atoms with Crippen molar-refractivity contribution in [2.24, 2.45) is 5.92 Å². The van der Waals surface area contributed by atoms with Crippen LogP contribution in [0.4, 0.5) is 13.2 Å². The Bertz CT molecular complexity index is 243. The van der Waals surface area contributed by atoms with Gasteiger partial charge in [0.05, 0.1) is 12.7 Å². The highest BCUT2D eigenvalue weighted by atomic mass is 19.4. The minimum absolute atomic E-state index is 0.00119. The number of nitrogens with zero attached hydrogens (tertiary/aromatic N) is 1. The lowest BCUT2D eigenvalue weighted by Gasteiger charge is -2.23. The fourth-order valence-electron chi connectivity index (χ4n) is 1.17. The number of hydrogen-bond donors (Lipinski definition) is 1. The second kappa shape index (κ2) is 6.80. The molecule has 0 bridgehead atoms. The zero-order valence-corrected chi connectivity index (χ0v) is 10.1. The summed E-state index contributed by atoms with van der Waals surface area (Å²) in [4.78, 5) is 11.8. The molecule has 0 heterocycles. The fraction of sp³-hybridized carbons (Fsp3) is 0.900. The third kappa shape index (κ3) is 7.17. The van der Waals surface area contributed by atoms with Gasteiger partial charge in [-0.25, -0.2) is 0 Å². The number of carbonyl (C=O) groups is 1. The van der Waals surface area contributed by atoms with Crippen molar-refractivity contribution in [3.8, 4) is 0 Å². The normalized spacial score (nSPS) is 14.4. The number of aliphatic carboxylic acids is 1. The Balaban J connectivity index is 4.14. The van der Waals surface area contributed by atoms with E-state index < -0.39 is 24.6 Å². The van der Waals surface area contributed by atoms with Crippen LogP contribution in [0.5, 0.6) is 0 Å². The highest BCUT2D eigenvalue weighted by molar-refractivity contribution is 5.71. The molecule has 0 aliphatic carbocycles. The number of halogens is 3. The number of ether oxygens (including phenoxy) is 1. The molecule has 102 valence electrons. The molecule has 0 aromatic carbocycles. The largest absolute Gasteiger partial charge is 0.481 e. The first kappa shape index (κ1) is 16.2. The van der Waals surface area contributed by atoms with Gasteiger partial charge in [0.2, 0.25) is 0 Å². The van der Waals surface area contributed by atoms with E-state index in [1.807, 2.05) is 13.8 Å². The van der Waals surface area contributed by atoms with E-state index in [0.717, 1.165) is 0 Å². The molecular weight excluding hydrogens is 239 g/mol. The Morgan fingerprint density at radius 3 is 2.29 bits per heavy atom. The maximum atomic E-state index is 12.3. The summed E-state index contributed by atoms with van der Waals surface area (Å²) in [5, 5.41) is 8.49. The summed E-state index contributed by atoms with van der Waals surface area (Å²) < 4.78 is 42.2. The summed E-state index contributed by atoms with van der Waals surface area (Å²) in [6, 6.07) is 0. The van der Waals surface area contributed by atoms with Crippen molar-refractivity contribution in [1.29, 1.82) is 0 Å². The topological polar surface area (TPSA) is 49.8 Å². The Hall–Kier alpha value is -0.820. The van der Waals surface area contributed by atoms with E-state index in [4.69, 9.17) is 9.84 Å². The fourth-order valence-corrected chi connectivity index (χ4v) is 1.17. The molecule has 1 N–H and O–H groups in total. The smallest absolute Gasteiger partial charge is 0.403 e. The van der Waals surface area contributed by atoms with Gasteiger partial charge >= 0.3 is 12.1 Å². The predicted octanol–water partition coefficient (Wildman–Crippen LogP) is 1.61. The van der Waals surface area contributed by atoms with E-state index >= 15 is 0 Å². The van der Waals surface area contributed by atoms with Gasteiger partial charge in [0, 0.05) is 13.1 Å². The molecule has 0 radical (unpaired) electrons. The van der Waals surface area contributed by atoms with Gasteiger partial charge in [-0.1, -0.05) is 0 Å². The van der Waals surface area contributed by atoms with Crippen LogP contribution < -0.4 is 0 Å². The van der Waals surface area contributed by atoms with E-state index in [2.05, 4.69) is 0 Å². The number of alkyl halides is 3. The van der Waals surface area contributed by atoms with Gasteiger partial charge in [0.1, 0.15) is 0 Å². The summed E-state index contributed by atoms with van der Waals surface area (Å²) in [5.41, 5.74) is 0. The molecular formula is C10H18F3NO3. The molecule has 1 atom stereocenters. The van der Waals surface area contributed by atoms with Crippen LogP contribution in [0.2, 0.25) is 0 Å². The lowest BCUT2D eigenvalue weighted by Crippen LogP contribution is -2.41. The van der Waals surface area contributed by atoms with Gasteiger partial charge in [-0.15, -0.1) is 0 Å². The van der Waals surface area contributed by atoms with Crippen LogP contribution in [0.3, 0.4) is 0 Å². The lowest BCUT2D eigenvalue weighted by molar-refractivity contribution is -0.196. The Morgan fingerprint density at radius 2 is 1.94 bits per heavy atom. The standard InChI is InChI=1S/C10H18F3NO3/c1-7(2)17-5-4-14(3)6-8(9(15)16)10(11,12)13/h7-8H,4-6H2,1-3H3,(H,15,16). The van der Waals surface area contributed by atoms with Crippen molar-refractivity contribution in [2.45, 2.75) is 26.1 Å². The first-order chi connectivity index (χ1) is 7.64. The minimum atomic E-state index is -4.72. The minimum Gasteiger partial charge on any atom is -0.481 e. The summed E-state index contributed by atoms with van der Waals surface area (Å²) in [7, 11) is 1.44. The molecule has 17 heavy (non-hydrogen) atoms. The summed E-state index contributed by atoms with van der Waals surface area (Å²) >= 11 is 0. The maximum Gasteiger partial charge on any atom is 0.403 e. The maximum absolute atomic E-state index is 12.3. The number of rotatable bonds is 7. The van der Waals surface area contributed by atoms with Crippen LogP contribution >= 0.6 is 0 Å². The molecule has 0 aliphatic rings. The van der Waals surface area contributed by atoms with Crippen LogP contribution in [0.25, 0.3) is 0 Å². The van der Waals surface area contributed by atoms with E-state index in [0.29, 0.717) is 0 Å². The Labute approximate surface area is 98.3 Å². The molecule has 0 aromatic rings. The number of carboxylic acid groups (broad SMARTS) is 1. The van der Waals surface area contributed by atoms with Crippen molar-refractivity contribution in [3.63, 3.8) is 0 Å². The average molecular weight is 257 g/mol. The lowest BCUT2D eigenvalue weighted by atomic mass is 10.1. The van der Waals surface area contributed by atoms with Gasteiger partial charge in [-0.2, -0.15) is 13.2 Å². The summed E-state index contributed by atoms with van der Waals surface area (Å²) in [6.45, 7) is 3.60. The molecule has 0 aromatic heterocycles. The van der Waals surface area contributed by atoms with Gasteiger partial charge < -0.3 is 14.7 Å². The van der Waals surface area contributed by atoms with Gasteiger partial charge in [0.25, 0.3) is 0 Å². The van der Waals surface area contributed by atoms with Gasteiger partial charge in [0.15, 0.2) is 5.92 Å². The van der Waals surface area contributed by atoms with E-state index in [9.17, 15) is 18.0 Å². The van der Waals surface area contributed by atoms with Gasteiger partial charge in [-0.05, 0) is 20.9 Å². The molecule has 4 nitrogen and oxygen atoms in total. The van der Waals surface area contributed by atoms with Crippen LogP contribution in [0.1, 0.15) is 13.8 Å². The molecule has 1 unspecified atom stereocenters. The van der Waals surface area contributed by atoms with Crippen molar-refractivity contribution in [1.82, 2.24) is 4.90 Å². The van der Waals surface area contributed by atoms with E-state index in [-0.39, 0.29) is 19.3 Å². The molecule has 0 saturated carbocycles. The van der Waals surface area contributed by atoms with Crippen LogP contribution in [0.15, 0.2) is 0 Å². The molecule has 0 amide bonds. The van der Waals surface area contributed by atoms with E-state index in [1.54, 1.807) is 0 Å². The SMILES string of the molecule is CC(C)OCCN(C)CC(C(=O)O)C(F)(F)F. The number of hydrogen-bond acceptors (Lipinski definition) is 3. The number of likely N-dealkylation sites (N-methyl/N-ethyl adjacent to an activating group) is 1. The molecule has 0 spiro atoms. The molecule has 0 aliphatic heterocycles. The predicted molar refractivity (Wildman–Crippen MR) is 55.8 cm³/mol. The second-order valence-corrected chi connectivity index (χ2v) is 4.11. The van der Waals surface area contributed by atoms with Crippen LogP contribution in [0, 0.1) is 5.92 Å². The second-order valence-electron chi connectivity index (χ2n) is 4.11. The quantitative estimate of drug-likeness (QED) is 0.752. The number of carboxylic acids is 1. The molecule has 0 fully saturated rings. The van der Waals surface area contributed by atoms with Crippen molar-refractivity contribution in [3.05, 3.63) is 0 Å². The van der Waals surface area contributed by atoms with E-state index in [1.165, 1.54) is 11.9 Å². The highest BCUT2D eigenvalue weighted by Crippen LogP contribution is 2.26. The Kier molecular flexibility index (Phi) is 6.48. The third-order valence-corrected chi connectivity index (χ3v) is 2.11. The summed E-state index contributed by atoms with van der Waals surface area (Å²) in [6.07, 6.45) is -4.72. The molecule has 0 saturated heterocycles. The van der Waals surface area contributed by atoms with Gasteiger partial charge in [-0.3, -0.25) is 4.79 Å². The first-order valence-electron chi connectivity index (χ1n) is 5.24. The summed E-state index contributed by atoms with van der Waals surface area (Å²) in [5.74, 6) is -4.21. The Morgan fingerprint density at radius 1 is 1.41 bits per heavy atom. The van der Waals surface area contributed by atoms with Crippen molar-refractivity contribution in [2.75, 3.05) is 26.7 Å². The highest BCUT2D eigenvalue weighted by Gasteiger charge is 2.45. The molecule has 7 heteroatoms. The zero-order valence-electron chi connectivity index (χ0n) is 10.1. The molecule has 0 rings (SSSR count). The van der Waals surface area contributed by atoms with Crippen LogP contribution in [-0.4, -0.2) is 55.0 Å². The van der Waals surface area contributed by atoms with Crippen LogP contribution in [-0.2, 0) is 9.53 Å². The monoisotopic (exact) mass is 257 g/mol. The van der Waals surface area contributed by atoms with Crippen molar-refractivity contribution < 1.29 is 27.8 Å². The first-order valence-corrected chi connectivity index (χ1v) is 5.24. The third-order valence-electron chi connectivity index (χ3n) is 2.11.